The number of benzene rings is 1. The van der Waals surface area contributed by atoms with Crippen LogP contribution < -0.4 is 5.32 Å². The van der Waals surface area contributed by atoms with Gasteiger partial charge in [-0.2, -0.15) is 0 Å². The molecule has 1 aliphatic carbocycles. The van der Waals surface area contributed by atoms with Gasteiger partial charge in [0.15, 0.2) is 5.78 Å². The first kappa shape index (κ1) is 17.8. The number of dihydropyridines is 1. The number of rotatable bonds is 2. The summed E-state index contributed by atoms with van der Waals surface area (Å²) in [5, 5.41) is 13.4. The van der Waals surface area contributed by atoms with Crippen molar-refractivity contribution in [3.8, 4) is 5.75 Å². The SMILES string of the molecule is CC1=C(C(=O)N2CCCCC2)[C@@H](c2cccc(O)c2)C2=C(CCCC2=O)N1. The van der Waals surface area contributed by atoms with Gasteiger partial charge in [-0.15, -0.1) is 0 Å². The third kappa shape index (κ3) is 3.27. The van der Waals surface area contributed by atoms with E-state index in [-0.39, 0.29) is 17.4 Å². The Morgan fingerprint density at radius 2 is 1.93 bits per heavy atom. The van der Waals surface area contributed by atoms with Crippen molar-refractivity contribution in [1.82, 2.24) is 10.2 Å². The largest absolute Gasteiger partial charge is 0.508 e. The summed E-state index contributed by atoms with van der Waals surface area (Å²) in [5.74, 6) is -0.138. The van der Waals surface area contributed by atoms with Crippen molar-refractivity contribution in [3.05, 3.63) is 52.4 Å². The first-order valence-corrected chi connectivity index (χ1v) is 9.88. The number of nitrogens with one attached hydrogen (secondary N) is 1. The van der Waals surface area contributed by atoms with Crippen molar-refractivity contribution in [2.75, 3.05) is 13.1 Å². The molecule has 0 aromatic heterocycles. The summed E-state index contributed by atoms with van der Waals surface area (Å²) in [6.45, 7) is 3.46. The van der Waals surface area contributed by atoms with Gasteiger partial charge in [0, 0.05) is 48.0 Å². The molecule has 27 heavy (non-hydrogen) atoms. The van der Waals surface area contributed by atoms with Crippen molar-refractivity contribution in [1.29, 1.82) is 0 Å². The molecular weight excluding hydrogens is 340 g/mol. The highest BCUT2D eigenvalue weighted by atomic mass is 16.3. The number of piperidine rings is 1. The van der Waals surface area contributed by atoms with Gasteiger partial charge in [0.2, 0.25) is 0 Å². The number of phenols is 1. The molecule has 0 unspecified atom stereocenters. The Balaban J connectivity index is 1.82. The summed E-state index contributed by atoms with van der Waals surface area (Å²) in [4.78, 5) is 28.2. The first-order valence-electron chi connectivity index (χ1n) is 9.88. The minimum atomic E-state index is -0.407. The molecule has 2 N–H and O–H groups in total. The van der Waals surface area contributed by atoms with E-state index in [1.165, 1.54) is 0 Å². The third-order valence-electron chi connectivity index (χ3n) is 5.85. The molecule has 0 radical (unpaired) electrons. The minimum Gasteiger partial charge on any atom is -0.508 e. The van der Waals surface area contributed by atoms with Crippen LogP contribution >= 0.6 is 0 Å². The van der Waals surface area contributed by atoms with Crippen LogP contribution in [0.1, 0.15) is 56.9 Å². The summed E-state index contributed by atoms with van der Waals surface area (Å²) in [6.07, 6.45) is 5.37. The number of allylic oxidation sites excluding steroid dienone is 3. The zero-order valence-electron chi connectivity index (χ0n) is 15.8. The number of ketones is 1. The van der Waals surface area contributed by atoms with Gasteiger partial charge in [-0.3, -0.25) is 9.59 Å². The second-order valence-corrected chi connectivity index (χ2v) is 7.71. The maximum absolute atomic E-state index is 13.4. The number of nitrogens with zero attached hydrogens (tertiary/aromatic N) is 1. The lowest BCUT2D eigenvalue weighted by atomic mass is 9.74. The standard InChI is InChI=1S/C22H26N2O3/c1-14-19(22(27)24-11-3-2-4-12-24)20(15-7-5-8-16(25)13-15)21-17(23-14)9-6-10-18(21)26/h5,7-8,13,20,23,25H,2-4,6,9-12H2,1H3/t20-/m1/s1. The van der Waals surface area contributed by atoms with Crippen LogP contribution in [0.25, 0.3) is 0 Å². The van der Waals surface area contributed by atoms with Crippen molar-refractivity contribution < 1.29 is 14.7 Å². The molecule has 1 fully saturated rings. The number of carbonyl (C=O) groups excluding carboxylic acids is 2. The van der Waals surface area contributed by atoms with E-state index in [2.05, 4.69) is 5.32 Å². The van der Waals surface area contributed by atoms with Crippen LogP contribution in [-0.4, -0.2) is 34.8 Å². The van der Waals surface area contributed by atoms with Gasteiger partial charge >= 0.3 is 0 Å². The van der Waals surface area contributed by atoms with Crippen LogP contribution in [0.5, 0.6) is 5.75 Å². The Bertz CT molecular complexity index is 847. The monoisotopic (exact) mass is 366 g/mol. The number of Topliss-reactive ketones (excluding diaryl/α,β-unsaturated/α-hetero) is 1. The van der Waals surface area contributed by atoms with Crippen LogP contribution in [0.2, 0.25) is 0 Å². The maximum atomic E-state index is 13.4. The molecule has 0 bridgehead atoms. The van der Waals surface area contributed by atoms with Crippen molar-refractivity contribution >= 4 is 11.7 Å². The Kier molecular flexibility index (Phi) is 4.77. The molecule has 1 aromatic rings. The van der Waals surface area contributed by atoms with Crippen molar-refractivity contribution in [3.63, 3.8) is 0 Å². The molecule has 1 saturated heterocycles. The quantitative estimate of drug-likeness (QED) is 0.842. The highest BCUT2D eigenvalue weighted by Crippen LogP contribution is 2.43. The lowest BCUT2D eigenvalue weighted by Crippen LogP contribution is -2.42. The summed E-state index contributed by atoms with van der Waals surface area (Å²) in [5.41, 5.74) is 3.92. The van der Waals surface area contributed by atoms with Gasteiger partial charge in [-0.1, -0.05) is 12.1 Å². The second kappa shape index (κ2) is 7.22. The van der Waals surface area contributed by atoms with E-state index >= 15 is 0 Å². The summed E-state index contributed by atoms with van der Waals surface area (Å²) >= 11 is 0. The predicted molar refractivity (Wildman–Crippen MR) is 103 cm³/mol. The third-order valence-corrected chi connectivity index (χ3v) is 5.85. The summed E-state index contributed by atoms with van der Waals surface area (Å²) in [7, 11) is 0. The number of hydrogen-bond donors (Lipinski definition) is 2. The van der Waals surface area contributed by atoms with Gasteiger partial charge in [0.25, 0.3) is 5.91 Å². The normalized spacial score (nSPS) is 23.2. The van der Waals surface area contributed by atoms with Gasteiger partial charge in [-0.25, -0.2) is 0 Å². The van der Waals surface area contributed by atoms with E-state index in [0.717, 1.165) is 62.2 Å². The lowest BCUT2D eigenvalue weighted by molar-refractivity contribution is -0.128. The second-order valence-electron chi connectivity index (χ2n) is 7.71. The molecule has 2 heterocycles. The Labute approximate surface area is 159 Å². The van der Waals surface area contributed by atoms with Crippen molar-refractivity contribution in [2.45, 2.75) is 51.4 Å². The molecule has 1 aromatic carbocycles. The van der Waals surface area contributed by atoms with Crippen LogP contribution in [0.3, 0.4) is 0 Å². The molecule has 142 valence electrons. The Morgan fingerprint density at radius 1 is 1.15 bits per heavy atom. The number of carbonyl (C=O) groups is 2. The highest BCUT2D eigenvalue weighted by molar-refractivity contribution is 6.05. The lowest BCUT2D eigenvalue weighted by Gasteiger charge is -2.37. The first-order chi connectivity index (χ1) is 13.1. The number of likely N-dealkylation sites (tertiary alicyclic amines) is 1. The van der Waals surface area contributed by atoms with E-state index in [9.17, 15) is 14.7 Å². The maximum Gasteiger partial charge on any atom is 0.252 e. The van der Waals surface area contributed by atoms with Crippen LogP contribution in [0, 0.1) is 0 Å². The summed E-state index contributed by atoms with van der Waals surface area (Å²) in [6, 6.07) is 6.97. The van der Waals surface area contributed by atoms with E-state index in [4.69, 9.17) is 0 Å². The molecular formula is C22H26N2O3. The Morgan fingerprint density at radius 3 is 2.67 bits per heavy atom. The minimum absolute atomic E-state index is 0.0120. The van der Waals surface area contributed by atoms with Gasteiger partial charge in [0.1, 0.15) is 5.75 Å². The zero-order valence-corrected chi connectivity index (χ0v) is 15.8. The molecule has 4 rings (SSSR count). The number of phenolic OH excluding ortho intramolecular Hbond substituents is 1. The molecule has 1 atom stereocenters. The van der Waals surface area contributed by atoms with E-state index < -0.39 is 5.92 Å². The van der Waals surface area contributed by atoms with Crippen LogP contribution in [0.4, 0.5) is 0 Å². The van der Waals surface area contributed by atoms with E-state index in [1.54, 1.807) is 18.2 Å². The molecule has 0 spiro atoms. The van der Waals surface area contributed by atoms with Crippen LogP contribution in [-0.2, 0) is 9.59 Å². The predicted octanol–water partition coefficient (Wildman–Crippen LogP) is 3.37. The number of amides is 1. The average molecular weight is 366 g/mol. The Hall–Kier alpha value is -2.56. The van der Waals surface area contributed by atoms with Gasteiger partial charge in [0.05, 0.1) is 0 Å². The summed E-state index contributed by atoms with van der Waals surface area (Å²) < 4.78 is 0. The van der Waals surface area contributed by atoms with Gasteiger partial charge in [-0.05, 0) is 56.7 Å². The number of hydrogen-bond acceptors (Lipinski definition) is 4. The van der Waals surface area contributed by atoms with E-state index in [0.29, 0.717) is 17.6 Å². The van der Waals surface area contributed by atoms with E-state index in [1.807, 2.05) is 17.9 Å². The van der Waals surface area contributed by atoms with Crippen molar-refractivity contribution in [2.24, 2.45) is 0 Å². The fraction of sp³-hybridized carbons (Fsp3) is 0.455. The zero-order chi connectivity index (χ0) is 19.0. The smallest absolute Gasteiger partial charge is 0.252 e. The molecule has 5 heteroatoms. The van der Waals surface area contributed by atoms with Crippen LogP contribution in [0.15, 0.2) is 46.8 Å². The topological polar surface area (TPSA) is 69.6 Å². The number of aromatic hydroxyl groups is 1. The fourth-order valence-corrected chi connectivity index (χ4v) is 4.57. The molecule has 3 aliphatic rings. The molecule has 2 aliphatic heterocycles. The molecule has 5 nitrogen and oxygen atoms in total. The fourth-order valence-electron chi connectivity index (χ4n) is 4.57. The highest BCUT2D eigenvalue weighted by Gasteiger charge is 2.39. The molecule has 1 amide bonds. The average Bonchev–Trinajstić information content (AvgIpc) is 2.67. The van der Waals surface area contributed by atoms with Gasteiger partial charge < -0.3 is 15.3 Å². The molecule has 0 saturated carbocycles.